The molecular formula is C14H16FNO4. The second-order valence-electron chi connectivity index (χ2n) is 4.51. The Morgan fingerprint density at radius 2 is 2.05 bits per heavy atom. The number of amides is 1. The zero-order valence-electron chi connectivity index (χ0n) is 11.1. The molecule has 6 heteroatoms. The molecule has 2 N–H and O–H groups in total. The normalized spacial score (nSPS) is 11.7. The maximum atomic E-state index is 13.0. The molecular weight excluding hydrogens is 265 g/mol. The Morgan fingerprint density at radius 1 is 1.35 bits per heavy atom. The molecule has 0 radical (unpaired) electrons. The third-order valence-corrected chi connectivity index (χ3v) is 2.67. The second kappa shape index (κ2) is 7.37. The first kappa shape index (κ1) is 15.8. The van der Waals surface area contributed by atoms with Crippen molar-refractivity contribution in [1.82, 2.24) is 5.32 Å². The van der Waals surface area contributed by atoms with Crippen LogP contribution in [0.25, 0.3) is 0 Å². The van der Waals surface area contributed by atoms with E-state index >= 15 is 0 Å². The lowest BCUT2D eigenvalue weighted by atomic mass is 10.1. The molecule has 0 aliphatic carbocycles. The highest BCUT2D eigenvalue weighted by Crippen LogP contribution is 2.05. The molecule has 1 atom stereocenters. The number of hydrogen-bond donors (Lipinski definition) is 2. The Balaban J connectivity index is 2.57. The quantitative estimate of drug-likeness (QED) is 0.789. The summed E-state index contributed by atoms with van der Waals surface area (Å²) in [6, 6.07) is 4.41. The van der Waals surface area contributed by atoms with E-state index in [1.165, 1.54) is 25.1 Å². The average Bonchev–Trinajstić information content (AvgIpc) is 2.33. The maximum absolute atomic E-state index is 13.0. The van der Waals surface area contributed by atoms with Crippen LogP contribution in [-0.2, 0) is 20.8 Å². The van der Waals surface area contributed by atoms with Crippen molar-refractivity contribution in [2.24, 2.45) is 0 Å². The monoisotopic (exact) mass is 281 g/mol. The predicted molar refractivity (Wildman–Crippen MR) is 69.6 cm³/mol. The smallest absolute Gasteiger partial charge is 0.326 e. The van der Waals surface area contributed by atoms with E-state index < -0.39 is 23.7 Å². The van der Waals surface area contributed by atoms with Crippen molar-refractivity contribution in [2.75, 3.05) is 0 Å². The number of halogens is 1. The summed E-state index contributed by atoms with van der Waals surface area (Å²) >= 11 is 0. The van der Waals surface area contributed by atoms with Gasteiger partial charge in [0.15, 0.2) is 0 Å². The molecule has 0 aromatic heterocycles. The molecule has 0 saturated carbocycles. The van der Waals surface area contributed by atoms with Crippen LogP contribution >= 0.6 is 0 Å². The number of ketones is 1. The molecule has 1 aromatic carbocycles. The summed E-state index contributed by atoms with van der Waals surface area (Å²) in [4.78, 5) is 33.5. The molecule has 0 heterocycles. The Bertz CT molecular complexity index is 516. The minimum absolute atomic E-state index is 0.0412. The number of carboxylic acid groups (broad SMARTS) is 1. The van der Waals surface area contributed by atoms with Crippen molar-refractivity contribution in [2.45, 2.75) is 32.2 Å². The number of rotatable bonds is 7. The van der Waals surface area contributed by atoms with Crippen LogP contribution in [0.1, 0.15) is 25.3 Å². The van der Waals surface area contributed by atoms with Gasteiger partial charge in [-0.3, -0.25) is 4.79 Å². The topological polar surface area (TPSA) is 83.5 Å². The highest BCUT2D eigenvalue weighted by Gasteiger charge is 2.20. The Kier molecular flexibility index (Phi) is 5.83. The fraction of sp³-hybridized carbons (Fsp3) is 0.357. The van der Waals surface area contributed by atoms with Gasteiger partial charge >= 0.3 is 5.97 Å². The number of carbonyl (C=O) groups excluding carboxylic acids is 2. The first-order valence-corrected chi connectivity index (χ1v) is 6.14. The van der Waals surface area contributed by atoms with Gasteiger partial charge in [0, 0.05) is 6.42 Å². The zero-order chi connectivity index (χ0) is 15.1. The van der Waals surface area contributed by atoms with Gasteiger partial charge in [0.2, 0.25) is 5.91 Å². The van der Waals surface area contributed by atoms with Crippen LogP contribution in [0, 0.1) is 5.82 Å². The van der Waals surface area contributed by atoms with Crippen molar-refractivity contribution in [1.29, 1.82) is 0 Å². The van der Waals surface area contributed by atoms with Gasteiger partial charge in [-0.25, -0.2) is 9.18 Å². The Labute approximate surface area is 115 Å². The summed E-state index contributed by atoms with van der Waals surface area (Å²) in [7, 11) is 0. The number of carboxylic acids is 1. The van der Waals surface area contributed by atoms with Crippen LogP contribution < -0.4 is 5.32 Å². The summed E-state index contributed by atoms with van der Waals surface area (Å²) < 4.78 is 13.0. The largest absolute Gasteiger partial charge is 0.480 e. The van der Waals surface area contributed by atoms with Crippen LogP contribution in [0.15, 0.2) is 24.3 Å². The van der Waals surface area contributed by atoms with Gasteiger partial charge in [0.05, 0.1) is 6.42 Å². The minimum Gasteiger partial charge on any atom is -0.480 e. The summed E-state index contributed by atoms with van der Waals surface area (Å²) in [6.45, 7) is 1.35. The minimum atomic E-state index is -1.20. The van der Waals surface area contributed by atoms with Crippen LogP contribution in [0.3, 0.4) is 0 Å². The third-order valence-electron chi connectivity index (χ3n) is 2.67. The molecule has 1 aromatic rings. The molecule has 1 rings (SSSR count). The maximum Gasteiger partial charge on any atom is 0.326 e. The van der Waals surface area contributed by atoms with E-state index in [1.807, 2.05) is 0 Å². The number of nitrogens with one attached hydrogen (secondary N) is 1. The lowest BCUT2D eigenvalue weighted by Crippen LogP contribution is -2.41. The van der Waals surface area contributed by atoms with E-state index in [0.29, 0.717) is 5.56 Å². The lowest BCUT2D eigenvalue weighted by Gasteiger charge is -2.13. The van der Waals surface area contributed by atoms with Crippen molar-refractivity contribution in [3.63, 3.8) is 0 Å². The first-order chi connectivity index (χ1) is 9.38. The standard InChI is InChI=1S/C14H16FNO4/c1-9(17)5-6-12(14(19)20)16-13(18)8-10-3-2-4-11(15)7-10/h2-4,7,12H,5-6,8H2,1H3,(H,16,18)(H,19,20)/t12-/m1/s1. The number of carbonyl (C=O) groups is 3. The molecule has 1 amide bonds. The summed E-state index contributed by atoms with van der Waals surface area (Å²) in [5.74, 6) is -2.32. The van der Waals surface area contributed by atoms with Crippen LogP contribution in [-0.4, -0.2) is 28.8 Å². The molecule has 5 nitrogen and oxygen atoms in total. The van der Waals surface area contributed by atoms with Crippen molar-refractivity contribution in [3.05, 3.63) is 35.6 Å². The fourth-order valence-electron chi connectivity index (χ4n) is 1.68. The molecule has 108 valence electrons. The number of aliphatic carboxylic acids is 1. The lowest BCUT2D eigenvalue weighted by molar-refractivity contribution is -0.142. The van der Waals surface area contributed by atoms with E-state index in [1.54, 1.807) is 6.07 Å². The molecule has 20 heavy (non-hydrogen) atoms. The van der Waals surface area contributed by atoms with Crippen LogP contribution in [0.5, 0.6) is 0 Å². The van der Waals surface area contributed by atoms with E-state index in [-0.39, 0.29) is 25.0 Å². The SMILES string of the molecule is CC(=O)CC[C@@H](NC(=O)Cc1cccc(F)c1)C(=O)O. The second-order valence-corrected chi connectivity index (χ2v) is 4.51. The fourth-order valence-corrected chi connectivity index (χ4v) is 1.68. The zero-order valence-corrected chi connectivity index (χ0v) is 11.1. The molecule has 0 bridgehead atoms. The van der Waals surface area contributed by atoms with Gasteiger partial charge in [-0.05, 0) is 31.0 Å². The number of benzene rings is 1. The van der Waals surface area contributed by atoms with Crippen molar-refractivity contribution in [3.8, 4) is 0 Å². The number of Topliss-reactive ketones (excluding diaryl/α,β-unsaturated/α-hetero) is 1. The first-order valence-electron chi connectivity index (χ1n) is 6.14. The molecule has 0 aliphatic heterocycles. The third kappa shape index (κ3) is 5.60. The Hall–Kier alpha value is -2.24. The van der Waals surface area contributed by atoms with E-state index in [4.69, 9.17) is 5.11 Å². The molecule has 0 fully saturated rings. The van der Waals surface area contributed by atoms with Crippen molar-refractivity contribution >= 4 is 17.7 Å². The van der Waals surface area contributed by atoms with Crippen LogP contribution in [0.4, 0.5) is 4.39 Å². The predicted octanol–water partition coefficient (Wildman–Crippen LogP) is 1.31. The molecule has 0 spiro atoms. The summed E-state index contributed by atoms with van der Waals surface area (Å²) in [5.41, 5.74) is 0.457. The average molecular weight is 281 g/mol. The van der Waals surface area contributed by atoms with Gasteiger partial charge in [0.25, 0.3) is 0 Å². The Morgan fingerprint density at radius 3 is 2.60 bits per heavy atom. The summed E-state index contributed by atoms with van der Waals surface area (Å²) in [5, 5.41) is 11.3. The van der Waals surface area contributed by atoms with Gasteiger partial charge in [-0.2, -0.15) is 0 Å². The molecule has 0 unspecified atom stereocenters. The van der Waals surface area contributed by atoms with E-state index in [2.05, 4.69) is 5.32 Å². The van der Waals surface area contributed by atoms with E-state index in [9.17, 15) is 18.8 Å². The van der Waals surface area contributed by atoms with Gasteiger partial charge in [-0.1, -0.05) is 12.1 Å². The highest BCUT2D eigenvalue weighted by molar-refractivity contribution is 5.85. The highest BCUT2D eigenvalue weighted by atomic mass is 19.1. The van der Waals surface area contributed by atoms with Gasteiger partial charge < -0.3 is 15.2 Å². The number of hydrogen-bond acceptors (Lipinski definition) is 3. The van der Waals surface area contributed by atoms with Gasteiger partial charge in [0.1, 0.15) is 17.6 Å². The van der Waals surface area contributed by atoms with Crippen molar-refractivity contribution < 1.29 is 23.9 Å². The van der Waals surface area contributed by atoms with Gasteiger partial charge in [-0.15, -0.1) is 0 Å². The molecule has 0 saturated heterocycles. The molecule has 0 aliphatic rings. The van der Waals surface area contributed by atoms with Crippen LogP contribution in [0.2, 0.25) is 0 Å². The van der Waals surface area contributed by atoms with E-state index in [0.717, 1.165) is 0 Å². The summed E-state index contributed by atoms with van der Waals surface area (Å²) in [6.07, 6.45) is 0.0123.